The molecule has 2 aromatic rings. The van der Waals surface area contributed by atoms with E-state index in [-0.39, 0.29) is 5.91 Å². The SMILES string of the molecule is O=C1NC(c2cccnc2)=N/C1=C/c1ccc(Cl)c(Cl)c1. The van der Waals surface area contributed by atoms with Gasteiger partial charge in [-0.15, -0.1) is 0 Å². The van der Waals surface area contributed by atoms with Crippen LogP contribution in [0.5, 0.6) is 0 Å². The van der Waals surface area contributed by atoms with Crippen molar-refractivity contribution in [2.45, 2.75) is 0 Å². The predicted molar refractivity (Wildman–Crippen MR) is 83.4 cm³/mol. The molecule has 3 rings (SSSR count). The van der Waals surface area contributed by atoms with E-state index in [9.17, 15) is 4.79 Å². The van der Waals surface area contributed by atoms with Crippen LogP contribution in [0.3, 0.4) is 0 Å². The third-order valence-electron chi connectivity index (χ3n) is 2.88. The molecule has 4 nitrogen and oxygen atoms in total. The molecule has 1 N–H and O–H groups in total. The van der Waals surface area contributed by atoms with Crippen LogP contribution in [0.2, 0.25) is 10.0 Å². The van der Waals surface area contributed by atoms with Crippen LogP contribution in [0.4, 0.5) is 0 Å². The van der Waals surface area contributed by atoms with E-state index in [1.165, 1.54) is 0 Å². The maximum Gasteiger partial charge on any atom is 0.275 e. The van der Waals surface area contributed by atoms with Crippen LogP contribution in [0.15, 0.2) is 53.4 Å². The first-order valence-corrected chi connectivity index (χ1v) is 6.86. The minimum atomic E-state index is -0.264. The Balaban J connectivity index is 1.95. The lowest BCUT2D eigenvalue weighted by Crippen LogP contribution is -2.24. The molecule has 1 aromatic carbocycles. The summed E-state index contributed by atoms with van der Waals surface area (Å²) in [7, 11) is 0. The van der Waals surface area contributed by atoms with Crippen LogP contribution in [0.25, 0.3) is 6.08 Å². The highest BCUT2D eigenvalue weighted by atomic mass is 35.5. The average Bonchev–Trinajstić information content (AvgIpc) is 2.85. The second-order valence-electron chi connectivity index (χ2n) is 4.36. The zero-order valence-corrected chi connectivity index (χ0v) is 12.2. The minimum Gasteiger partial charge on any atom is -0.305 e. The highest BCUT2D eigenvalue weighted by molar-refractivity contribution is 6.42. The van der Waals surface area contributed by atoms with Gasteiger partial charge in [-0.2, -0.15) is 0 Å². The highest BCUT2D eigenvalue weighted by Gasteiger charge is 2.21. The number of halogens is 2. The first-order valence-electron chi connectivity index (χ1n) is 6.11. The summed E-state index contributed by atoms with van der Waals surface area (Å²) in [6.07, 6.45) is 4.95. The van der Waals surface area contributed by atoms with Gasteiger partial charge in [0.15, 0.2) is 0 Å². The molecule has 6 heteroatoms. The van der Waals surface area contributed by atoms with Crippen molar-refractivity contribution in [3.05, 3.63) is 69.6 Å². The monoisotopic (exact) mass is 317 g/mol. The number of aliphatic imine (C=N–C) groups is 1. The van der Waals surface area contributed by atoms with Gasteiger partial charge >= 0.3 is 0 Å². The summed E-state index contributed by atoms with van der Waals surface area (Å²) >= 11 is 11.8. The number of carbonyl (C=O) groups is 1. The van der Waals surface area contributed by atoms with Crippen molar-refractivity contribution in [3.8, 4) is 0 Å². The smallest absolute Gasteiger partial charge is 0.275 e. The second kappa shape index (κ2) is 5.68. The molecule has 0 fully saturated rings. The molecular weight excluding hydrogens is 309 g/mol. The summed E-state index contributed by atoms with van der Waals surface area (Å²) in [6, 6.07) is 8.74. The minimum absolute atomic E-state index is 0.264. The number of amides is 1. The van der Waals surface area contributed by atoms with Gasteiger partial charge in [0.1, 0.15) is 11.5 Å². The van der Waals surface area contributed by atoms with Crippen molar-refractivity contribution in [1.29, 1.82) is 0 Å². The Kier molecular flexibility index (Phi) is 3.73. The number of rotatable bonds is 2. The molecule has 0 bridgehead atoms. The van der Waals surface area contributed by atoms with Gasteiger partial charge in [0.2, 0.25) is 0 Å². The Hall–Kier alpha value is -2.17. The molecule has 1 aliphatic rings. The number of carbonyl (C=O) groups excluding carboxylic acids is 1. The summed E-state index contributed by atoms with van der Waals surface area (Å²) in [6.45, 7) is 0. The Bertz CT molecular complexity index is 770. The summed E-state index contributed by atoms with van der Waals surface area (Å²) in [4.78, 5) is 20.2. The van der Waals surface area contributed by atoms with Crippen molar-refractivity contribution in [2.75, 3.05) is 0 Å². The van der Waals surface area contributed by atoms with Gasteiger partial charge in [0.05, 0.1) is 10.0 Å². The number of hydrogen-bond acceptors (Lipinski definition) is 3. The van der Waals surface area contributed by atoms with E-state index in [1.807, 2.05) is 6.07 Å². The largest absolute Gasteiger partial charge is 0.305 e. The molecule has 0 radical (unpaired) electrons. The van der Waals surface area contributed by atoms with Crippen molar-refractivity contribution >= 4 is 41.0 Å². The van der Waals surface area contributed by atoms with Crippen molar-refractivity contribution < 1.29 is 4.79 Å². The van der Waals surface area contributed by atoms with Crippen molar-refractivity contribution in [1.82, 2.24) is 10.3 Å². The van der Waals surface area contributed by atoms with E-state index in [0.29, 0.717) is 21.6 Å². The molecule has 0 spiro atoms. The maximum absolute atomic E-state index is 11.9. The molecule has 21 heavy (non-hydrogen) atoms. The van der Waals surface area contributed by atoms with E-state index in [2.05, 4.69) is 15.3 Å². The zero-order valence-electron chi connectivity index (χ0n) is 10.7. The molecule has 1 aliphatic heterocycles. The summed E-state index contributed by atoms with van der Waals surface area (Å²) in [5.41, 5.74) is 1.82. The molecule has 2 heterocycles. The molecule has 0 aliphatic carbocycles. The van der Waals surface area contributed by atoms with Crippen molar-refractivity contribution in [3.63, 3.8) is 0 Å². The topological polar surface area (TPSA) is 54.4 Å². The fourth-order valence-corrected chi connectivity index (χ4v) is 2.17. The predicted octanol–water partition coefficient (Wildman–Crippen LogP) is 3.31. The highest BCUT2D eigenvalue weighted by Crippen LogP contribution is 2.24. The van der Waals surface area contributed by atoms with E-state index in [0.717, 1.165) is 11.1 Å². The quantitative estimate of drug-likeness (QED) is 0.864. The molecule has 1 aromatic heterocycles. The lowest BCUT2D eigenvalue weighted by molar-refractivity contribution is -0.115. The number of amidine groups is 1. The van der Waals surface area contributed by atoms with Crippen LogP contribution >= 0.6 is 23.2 Å². The molecule has 0 atom stereocenters. The Morgan fingerprint density at radius 3 is 2.71 bits per heavy atom. The van der Waals surface area contributed by atoms with Gasteiger partial charge in [0, 0.05) is 18.0 Å². The van der Waals surface area contributed by atoms with E-state index < -0.39 is 0 Å². The molecular formula is C15H9Cl2N3O. The third-order valence-corrected chi connectivity index (χ3v) is 3.62. The lowest BCUT2D eigenvalue weighted by atomic mass is 10.2. The number of nitrogens with one attached hydrogen (secondary N) is 1. The van der Waals surface area contributed by atoms with Crippen molar-refractivity contribution in [2.24, 2.45) is 4.99 Å². The second-order valence-corrected chi connectivity index (χ2v) is 5.17. The maximum atomic E-state index is 11.9. The van der Waals surface area contributed by atoms with E-state index in [1.54, 1.807) is 42.7 Å². The van der Waals surface area contributed by atoms with Gasteiger partial charge in [-0.3, -0.25) is 9.78 Å². The molecule has 104 valence electrons. The molecule has 0 saturated carbocycles. The van der Waals surface area contributed by atoms with Crippen LogP contribution in [-0.4, -0.2) is 16.7 Å². The Morgan fingerprint density at radius 1 is 1.14 bits per heavy atom. The van der Waals surface area contributed by atoms with Gasteiger partial charge < -0.3 is 5.32 Å². The van der Waals surface area contributed by atoms with Crippen LogP contribution < -0.4 is 5.32 Å². The molecule has 0 unspecified atom stereocenters. The Morgan fingerprint density at radius 2 is 2.00 bits per heavy atom. The normalized spacial score (nSPS) is 16.0. The number of pyridine rings is 1. The first-order chi connectivity index (χ1) is 10.1. The standard InChI is InChI=1S/C15H9Cl2N3O/c16-11-4-3-9(6-12(11)17)7-13-15(21)20-14(19-13)10-2-1-5-18-8-10/h1-8H,(H,19,20,21)/b13-7+. The van der Waals surface area contributed by atoms with Crippen LogP contribution in [0.1, 0.15) is 11.1 Å². The summed E-state index contributed by atoms with van der Waals surface area (Å²) in [5.74, 6) is 0.222. The third kappa shape index (κ3) is 2.96. The number of benzene rings is 1. The molecule has 0 saturated heterocycles. The zero-order chi connectivity index (χ0) is 14.8. The van der Waals surface area contributed by atoms with Gasteiger partial charge in [0.25, 0.3) is 5.91 Å². The summed E-state index contributed by atoms with van der Waals surface area (Å²) in [5, 5.41) is 3.61. The van der Waals surface area contributed by atoms with E-state index in [4.69, 9.17) is 23.2 Å². The van der Waals surface area contributed by atoms with Crippen LogP contribution in [-0.2, 0) is 4.79 Å². The fraction of sp³-hybridized carbons (Fsp3) is 0. The van der Waals surface area contributed by atoms with E-state index >= 15 is 0 Å². The van der Waals surface area contributed by atoms with Gasteiger partial charge in [-0.25, -0.2) is 4.99 Å². The fourth-order valence-electron chi connectivity index (χ4n) is 1.87. The average molecular weight is 318 g/mol. The number of hydrogen-bond donors (Lipinski definition) is 1. The Labute approximate surface area is 131 Å². The van der Waals surface area contributed by atoms with Gasteiger partial charge in [-0.05, 0) is 35.9 Å². The summed E-state index contributed by atoms with van der Waals surface area (Å²) < 4.78 is 0. The lowest BCUT2D eigenvalue weighted by Gasteiger charge is -1.98. The number of nitrogens with zero attached hydrogens (tertiary/aromatic N) is 2. The van der Waals surface area contributed by atoms with Crippen LogP contribution in [0, 0.1) is 0 Å². The molecule has 1 amide bonds. The number of aromatic nitrogens is 1. The van der Waals surface area contributed by atoms with Gasteiger partial charge in [-0.1, -0.05) is 29.3 Å². The first kappa shape index (κ1) is 13.8.